The van der Waals surface area contributed by atoms with Crippen LogP contribution in [-0.4, -0.2) is 41.5 Å². The van der Waals surface area contributed by atoms with Gasteiger partial charge in [-0.2, -0.15) is 0 Å². The van der Waals surface area contributed by atoms with E-state index in [4.69, 9.17) is 18.9 Å². The fourth-order valence-electron chi connectivity index (χ4n) is 2.63. The molecule has 0 unspecified atom stereocenters. The molecule has 2 aliphatic heterocycles. The number of aliphatic carboxylic acids is 1. The number of benzene rings is 1. The third-order valence-corrected chi connectivity index (χ3v) is 3.52. The average molecular weight is 294 g/mol. The van der Waals surface area contributed by atoms with Crippen molar-refractivity contribution in [3.8, 4) is 0 Å². The van der Waals surface area contributed by atoms with Gasteiger partial charge in [0.2, 0.25) is 0 Å². The summed E-state index contributed by atoms with van der Waals surface area (Å²) in [7, 11) is 0. The van der Waals surface area contributed by atoms with Crippen molar-refractivity contribution in [1.29, 1.82) is 0 Å². The maximum atomic E-state index is 11.3. The molecule has 2 aliphatic rings. The molecule has 0 aromatic heterocycles. The highest BCUT2D eigenvalue weighted by molar-refractivity contribution is 5.73. The van der Waals surface area contributed by atoms with E-state index in [0.717, 1.165) is 5.56 Å². The van der Waals surface area contributed by atoms with E-state index >= 15 is 0 Å². The zero-order chi connectivity index (χ0) is 15.0. The van der Waals surface area contributed by atoms with Crippen molar-refractivity contribution >= 4 is 5.97 Å². The van der Waals surface area contributed by atoms with Gasteiger partial charge in [-0.15, -0.1) is 0 Å². The van der Waals surface area contributed by atoms with Gasteiger partial charge >= 0.3 is 5.97 Å². The van der Waals surface area contributed by atoms with Gasteiger partial charge in [0.25, 0.3) is 0 Å². The lowest BCUT2D eigenvalue weighted by molar-refractivity contribution is -0.223. The molecule has 0 radical (unpaired) electrons. The van der Waals surface area contributed by atoms with Gasteiger partial charge in [0.15, 0.2) is 18.2 Å². The summed E-state index contributed by atoms with van der Waals surface area (Å²) in [5.74, 6) is -1.87. The molecule has 0 bridgehead atoms. The Hall–Kier alpha value is -1.47. The summed E-state index contributed by atoms with van der Waals surface area (Å²) in [5, 5.41) is 9.25. The van der Waals surface area contributed by atoms with Crippen LogP contribution >= 0.6 is 0 Å². The SMILES string of the molecule is CC1(C)O[C@H]2O[C@H](C(=O)O)[C@H](OCc3ccccc3)[C@H]2O1. The molecule has 0 saturated carbocycles. The fourth-order valence-corrected chi connectivity index (χ4v) is 2.63. The smallest absolute Gasteiger partial charge is 0.335 e. The minimum atomic E-state index is -1.08. The van der Waals surface area contributed by atoms with Gasteiger partial charge in [0, 0.05) is 0 Å². The Morgan fingerprint density at radius 1 is 1.29 bits per heavy atom. The van der Waals surface area contributed by atoms with Crippen molar-refractivity contribution in [2.24, 2.45) is 0 Å². The first kappa shape index (κ1) is 14.5. The molecule has 114 valence electrons. The van der Waals surface area contributed by atoms with E-state index < -0.39 is 36.4 Å². The molecule has 6 heteroatoms. The summed E-state index contributed by atoms with van der Waals surface area (Å²) >= 11 is 0. The van der Waals surface area contributed by atoms with Crippen LogP contribution in [0.1, 0.15) is 19.4 Å². The van der Waals surface area contributed by atoms with Crippen LogP contribution in [0.25, 0.3) is 0 Å². The third-order valence-electron chi connectivity index (χ3n) is 3.52. The summed E-state index contributed by atoms with van der Waals surface area (Å²) in [6, 6.07) is 9.55. The third kappa shape index (κ3) is 2.94. The molecule has 0 spiro atoms. The number of carboxylic acids is 1. The zero-order valence-electron chi connectivity index (χ0n) is 11.9. The second-order valence-corrected chi connectivity index (χ2v) is 5.62. The molecule has 0 amide bonds. The maximum Gasteiger partial charge on any atom is 0.335 e. The average Bonchev–Trinajstić information content (AvgIpc) is 2.90. The normalized spacial score (nSPS) is 33.8. The number of hydrogen-bond acceptors (Lipinski definition) is 5. The first-order valence-corrected chi connectivity index (χ1v) is 6.86. The van der Waals surface area contributed by atoms with E-state index in [1.54, 1.807) is 13.8 Å². The molecule has 6 nitrogen and oxygen atoms in total. The number of hydrogen-bond donors (Lipinski definition) is 1. The summed E-state index contributed by atoms with van der Waals surface area (Å²) in [4.78, 5) is 11.3. The van der Waals surface area contributed by atoms with Crippen molar-refractivity contribution in [1.82, 2.24) is 0 Å². The van der Waals surface area contributed by atoms with Gasteiger partial charge in [0.05, 0.1) is 6.61 Å². The Labute approximate surface area is 122 Å². The molecule has 3 rings (SSSR count). The van der Waals surface area contributed by atoms with Crippen LogP contribution in [0.4, 0.5) is 0 Å². The largest absolute Gasteiger partial charge is 0.479 e. The van der Waals surface area contributed by atoms with E-state index in [1.807, 2.05) is 30.3 Å². The van der Waals surface area contributed by atoms with Gasteiger partial charge in [-0.1, -0.05) is 30.3 Å². The van der Waals surface area contributed by atoms with Crippen LogP contribution in [-0.2, 0) is 30.3 Å². The second kappa shape index (κ2) is 5.38. The Morgan fingerprint density at radius 3 is 2.67 bits per heavy atom. The summed E-state index contributed by atoms with van der Waals surface area (Å²) in [5.41, 5.74) is 0.961. The Kier molecular flexibility index (Phi) is 3.71. The quantitative estimate of drug-likeness (QED) is 0.908. The molecule has 1 aromatic rings. The van der Waals surface area contributed by atoms with E-state index in [0.29, 0.717) is 6.61 Å². The molecule has 1 N–H and O–H groups in total. The van der Waals surface area contributed by atoms with Crippen LogP contribution in [0.5, 0.6) is 0 Å². The standard InChI is InChI=1S/C15H18O6/c1-15(2)20-12-10(11(13(16)17)19-14(12)21-15)18-8-9-6-4-3-5-7-9/h3-7,10-12,14H,8H2,1-2H3,(H,16,17)/t10-,11-,12+,14+/m0/s1. The van der Waals surface area contributed by atoms with Crippen LogP contribution in [0.2, 0.25) is 0 Å². The monoisotopic (exact) mass is 294 g/mol. The van der Waals surface area contributed by atoms with Crippen molar-refractivity contribution < 1.29 is 28.8 Å². The van der Waals surface area contributed by atoms with Crippen LogP contribution in [0.3, 0.4) is 0 Å². The van der Waals surface area contributed by atoms with E-state index in [-0.39, 0.29) is 0 Å². The lowest BCUT2D eigenvalue weighted by atomic mass is 10.1. The highest BCUT2D eigenvalue weighted by Gasteiger charge is 2.57. The zero-order valence-corrected chi connectivity index (χ0v) is 11.9. The Bertz CT molecular complexity index is 514. The van der Waals surface area contributed by atoms with E-state index in [9.17, 15) is 9.90 Å². The Balaban J connectivity index is 1.72. The van der Waals surface area contributed by atoms with E-state index in [1.165, 1.54) is 0 Å². The van der Waals surface area contributed by atoms with Crippen LogP contribution in [0, 0.1) is 0 Å². The van der Waals surface area contributed by atoms with Crippen molar-refractivity contribution in [3.63, 3.8) is 0 Å². The van der Waals surface area contributed by atoms with Gasteiger partial charge in [-0.3, -0.25) is 0 Å². The summed E-state index contributed by atoms with van der Waals surface area (Å²) in [6.45, 7) is 3.82. The predicted molar refractivity (Wildman–Crippen MR) is 71.4 cm³/mol. The number of carboxylic acid groups (broad SMARTS) is 1. The van der Waals surface area contributed by atoms with Crippen molar-refractivity contribution in [2.75, 3.05) is 0 Å². The molecular weight excluding hydrogens is 276 g/mol. The van der Waals surface area contributed by atoms with Crippen molar-refractivity contribution in [2.45, 2.75) is 50.8 Å². The number of carbonyl (C=O) groups is 1. The molecule has 2 fully saturated rings. The molecule has 2 heterocycles. The van der Waals surface area contributed by atoms with Gasteiger partial charge < -0.3 is 24.1 Å². The fraction of sp³-hybridized carbons (Fsp3) is 0.533. The maximum absolute atomic E-state index is 11.3. The first-order valence-electron chi connectivity index (χ1n) is 6.86. The molecular formula is C15H18O6. The minimum Gasteiger partial charge on any atom is -0.479 e. The van der Waals surface area contributed by atoms with Crippen molar-refractivity contribution in [3.05, 3.63) is 35.9 Å². The number of fused-ring (bicyclic) bond motifs is 1. The minimum absolute atomic E-state index is 0.297. The highest BCUT2D eigenvalue weighted by atomic mass is 16.8. The van der Waals surface area contributed by atoms with Gasteiger partial charge in [0.1, 0.15) is 12.2 Å². The van der Waals surface area contributed by atoms with Gasteiger partial charge in [-0.05, 0) is 19.4 Å². The molecule has 0 aliphatic carbocycles. The molecule has 2 saturated heterocycles. The lowest BCUT2D eigenvalue weighted by Crippen LogP contribution is -2.40. The van der Waals surface area contributed by atoms with E-state index in [2.05, 4.69) is 0 Å². The van der Waals surface area contributed by atoms with Crippen LogP contribution < -0.4 is 0 Å². The first-order chi connectivity index (χ1) is 9.96. The lowest BCUT2D eigenvalue weighted by Gasteiger charge is -2.24. The summed E-state index contributed by atoms with van der Waals surface area (Å²) < 4.78 is 22.4. The number of ether oxygens (including phenoxy) is 4. The topological polar surface area (TPSA) is 74.2 Å². The van der Waals surface area contributed by atoms with Gasteiger partial charge in [-0.25, -0.2) is 4.79 Å². The highest BCUT2D eigenvalue weighted by Crippen LogP contribution is 2.39. The number of rotatable bonds is 4. The molecule has 21 heavy (non-hydrogen) atoms. The molecule has 4 atom stereocenters. The summed E-state index contributed by atoms with van der Waals surface area (Å²) in [6.07, 6.45) is -3.03. The van der Waals surface area contributed by atoms with Crippen LogP contribution in [0.15, 0.2) is 30.3 Å². The second-order valence-electron chi connectivity index (χ2n) is 5.62. The predicted octanol–water partition coefficient (Wildman–Crippen LogP) is 1.53. The Morgan fingerprint density at radius 2 is 2.00 bits per heavy atom. The molecule has 1 aromatic carbocycles.